The smallest absolute Gasteiger partial charge is 0.337 e. The number of ether oxygens (including phenoxy) is 2. The number of aromatic carboxylic acids is 1. The van der Waals surface area contributed by atoms with Gasteiger partial charge in [0.25, 0.3) is 5.91 Å². The van der Waals surface area contributed by atoms with Gasteiger partial charge >= 0.3 is 5.97 Å². The number of carboxylic acid groups (broad SMARTS) is 1. The third kappa shape index (κ3) is 4.24. The number of anilines is 1. The number of para-hydroxylation sites is 2. The van der Waals surface area contributed by atoms with Gasteiger partial charge in [0.1, 0.15) is 17.2 Å². The third-order valence-corrected chi connectivity index (χ3v) is 3.80. The average Bonchev–Trinajstić information content (AvgIpc) is 2.68. The van der Waals surface area contributed by atoms with Crippen molar-refractivity contribution in [1.29, 1.82) is 0 Å². The molecule has 0 spiro atoms. The summed E-state index contributed by atoms with van der Waals surface area (Å²) >= 11 is 0. The fourth-order valence-electron chi connectivity index (χ4n) is 2.52. The Morgan fingerprint density at radius 3 is 2.26 bits per heavy atom. The number of carbonyl (C=O) groups is 2. The molecule has 0 aliphatic carbocycles. The van der Waals surface area contributed by atoms with E-state index < -0.39 is 11.9 Å². The zero-order valence-corrected chi connectivity index (χ0v) is 14.5. The van der Waals surface area contributed by atoms with Crippen molar-refractivity contribution in [2.45, 2.75) is 0 Å². The quantitative estimate of drug-likeness (QED) is 0.676. The van der Waals surface area contributed by atoms with Crippen LogP contribution in [0.25, 0.3) is 0 Å². The first-order valence-electron chi connectivity index (χ1n) is 8.13. The molecule has 0 bridgehead atoms. The number of methoxy groups -OCH3 is 1. The second-order valence-electron chi connectivity index (χ2n) is 5.58. The molecule has 6 heteroatoms. The van der Waals surface area contributed by atoms with Gasteiger partial charge in [-0.05, 0) is 36.4 Å². The van der Waals surface area contributed by atoms with Crippen molar-refractivity contribution in [3.63, 3.8) is 0 Å². The van der Waals surface area contributed by atoms with Crippen molar-refractivity contribution < 1.29 is 24.2 Å². The van der Waals surface area contributed by atoms with E-state index >= 15 is 0 Å². The SMILES string of the molecule is COc1cc(Oc2ccccc2)ccc1C(=O)Nc1ccccc1C(=O)O. The normalized spacial score (nSPS) is 10.1. The van der Waals surface area contributed by atoms with Crippen LogP contribution in [-0.4, -0.2) is 24.1 Å². The van der Waals surface area contributed by atoms with Crippen LogP contribution in [0.4, 0.5) is 5.69 Å². The molecule has 136 valence electrons. The molecule has 27 heavy (non-hydrogen) atoms. The van der Waals surface area contributed by atoms with Crippen molar-refractivity contribution in [3.05, 3.63) is 83.9 Å². The lowest BCUT2D eigenvalue weighted by molar-refractivity contribution is 0.0698. The molecule has 0 heterocycles. The molecule has 0 atom stereocenters. The van der Waals surface area contributed by atoms with Crippen molar-refractivity contribution in [1.82, 2.24) is 0 Å². The standard InChI is InChI=1S/C21H17NO5/c1-26-19-13-15(27-14-7-3-2-4-8-14)11-12-17(19)20(23)22-18-10-6-5-9-16(18)21(24)25/h2-13H,1H3,(H,22,23)(H,24,25). The highest BCUT2D eigenvalue weighted by Gasteiger charge is 2.17. The Hall–Kier alpha value is -3.80. The van der Waals surface area contributed by atoms with Gasteiger partial charge in [-0.2, -0.15) is 0 Å². The van der Waals surface area contributed by atoms with E-state index in [2.05, 4.69) is 5.32 Å². The molecule has 0 aliphatic heterocycles. The summed E-state index contributed by atoms with van der Waals surface area (Å²) in [6.07, 6.45) is 0. The zero-order valence-electron chi connectivity index (χ0n) is 14.5. The second-order valence-corrected chi connectivity index (χ2v) is 5.58. The first-order valence-corrected chi connectivity index (χ1v) is 8.13. The maximum Gasteiger partial charge on any atom is 0.337 e. The first kappa shape index (κ1) is 18.0. The minimum atomic E-state index is -1.12. The van der Waals surface area contributed by atoms with Crippen LogP contribution in [0.3, 0.4) is 0 Å². The highest BCUT2D eigenvalue weighted by Crippen LogP contribution is 2.29. The Balaban J connectivity index is 1.84. The maximum absolute atomic E-state index is 12.6. The summed E-state index contributed by atoms with van der Waals surface area (Å²) < 4.78 is 11.0. The van der Waals surface area contributed by atoms with Crippen LogP contribution in [0.5, 0.6) is 17.2 Å². The lowest BCUT2D eigenvalue weighted by atomic mass is 10.1. The van der Waals surface area contributed by atoms with E-state index in [4.69, 9.17) is 9.47 Å². The van der Waals surface area contributed by atoms with Crippen LogP contribution in [0.15, 0.2) is 72.8 Å². The second kappa shape index (κ2) is 8.05. The highest BCUT2D eigenvalue weighted by molar-refractivity contribution is 6.09. The van der Waals surface area contributed by atoms with Gasteiger partial charge in [-0.15, -0.1) is 0 Å². The molecule has 0 aliphatic rings. The summed E-state index contributed by atoms with van der Waals surface area (Å²) in [5, 5.41) is 11.8. The molecule has 6 nitrogen and oxygen atoms in total. The van der Waals surface area contributed by atoms with Crippen LogP contribution < -0.4 is 14.8 Å². The van der Waals surface area contributed by atoms with Gasteiger partial charge in [0.2, 0.25) is 0 Å². The minimum absolute atomic E-state index is 0.00819. The van der Waals surface area contributed by atoms with Gasteiger partial charge < -0.3 is 19.9 Å². The molecule has 0 saturated carbocycles. The van der Waals surface area contributed by atoms with Crippen molar-refractivity contribution in [2.24, 2.45) is 0 Å². The van der Waals surface area contributed by atoms with Crippen molar-refractivity contribution >= 4 is 17.6 Å². The van der Waals surface area contributed by atoms with Gasteiger partial charge in [0.05, 0.1) is 23.9 Å². The molecule has 2 N–H and O–H groups in total. The third-order valence-electron chi connectivity index (χ3n) is 3.80. The summed E-state index contributed by atoms with van der Waals surface area (Å²) in [5.74, 6) is -0.113. The monoisotopic (exact) mass is 363 g/mol. The molecule has 3 aromatic carbocycles. The largest absolute Gasteiger partial charge is 0.496 e. The van der Waals surface area contributed by atoms with Crippen LogP contribution in [-0.2, 0) is 0 Å². The molecule has 1 amide bonds. The van der Waals surface area contributed by atoms with Crippen LogP contribution in [0.2, 0.25) is 0 Å². The summed E-state index contributed by atoms with van der Waals surface area (Å²) in [4.78, 5) is 23.9. The summed E-state index contributed by atoms with van der Waals surface area (Å²) in [6, 6.07) is 20.2. The van der Waals surface area contributed by atoms with E-state index in [1.807, 2.05) is 30.3 Å². The Labute approximate surface area is 156 Å². The van der Waals surface area contributed by atoms with Crippen LogP contribution >= 0.6 is 0 Å². The van der Waals surface area contributed by atoms with E-state index in [1.165, 1.54) is 19.2 Å². The minimum Gasteiger partial charge on any atom is -0.496 e. The average molecular weight is 363 g/mol. The number of amides is 1. The van der Waals surface area contributed by atoms with Crippen molar-refractivity contribution in [2.75, 3.05) is 12.4 Å². The fourth-order valence-corrected chi connectivity index (χ4v) is 2.52. The number of carbonyl (C=O) groups excluding carboxylic acids is 1. The number of hydrogen-bond acceptors (Lipinski definition) is 4. The number of hydrogen-bond donors (Lipinski definition) is 2. The molecule has 0 fully saturated rings. The van der Waals surface area contributed by atoms with Gasteiger partial charge in [0, 0.05) is 6.07 Å². The lowest BCUT2D eigenvalue weighted by Crippen LogP contribution is -2.15. The number of nitrogens with one attached hydrogen (secondary N) is 1. The number of benzene rings is 3. The number of carboxylic acids is 1. The lowest BCUT2D eigenvalue weighted by Gasteiger charge is -2.13. The Bertz CT molecular complexity index is 969. The number of rotatable bonds is 6. The van der Waals surface area contributed by atoms with Gasteiger partial charge in [-0.1, -0.05) is 30.3 Å². The summed E-state index contributed by atoms with van der Waals surface area (Å²) in [5.41, 5.74) is 0.480. The van der Waals surface area contributed by atoms with E-state index in [0.29, 0.717) is 17.2 Å². The zero-order chi connectivity index (χ0) is 19.2. The van der Waals surface area contributed by atoms with Crippen LogP contribution in [0.1, 0.15) is 20.7 Å². The predicted octanol–water partition coefficient (Wildman–Crippen LogP) is 4.44. The Morgan fingerprint density at radius 2 is 1.56 bits per heavy atom. The van der Waals surface area contributed by atoms with Gasteiger partial charge in [-0.3, -0.25) is 4.79 Å². The molecule has 0 aromatic heterocycles. The summed E-state index contributed by atoms with van der Waals surface area (Å²) in [7, 11) is 1.45. The molecular formula is C21H17NO5. The maximum atomic E-state index is 12.6. The Morgan fingerprint density at radius 1 is 0.852 bits per heavy atom. The van der Waals surface area contributed by atoms with Crippen LogP contribution in [0, 0.1) is 0 Å². The van der Waals surface area contributed by atoms with E-state index in [0.717, 1.165) is 0 Å². The first-order chi connectivity index (χ1) is 13.1. The Kier molecular flexibility index (Phi) is 5.37. The molecule has 0 radical (unpaired) electrons. The summed E-state index contributed by atoms with van der Waals surface area (Å²) in [6.45, 7) is 0. The molecule has 0 unspecified atom stereocenters. The van der Waals surface area contributed by atoms with Crippen molar-refractivity contribution in [3.8, 4) is 17.2 Å². The van der Waals surface area contributed by atoms with E-state index in [9.17, 15) is 14.7 Å². The molecular weight excluding hydrogens is 346 g/mol. The topological polar surface area (TPSA) is 84.9 Å². The van der Waals surface area contributed by atoms with E-state index in [1.54, 1.807) is 30.3 Å². The fraction of sp³-hybridized carbons (Fsp3) is 0.0476. The van der Waals surface area contributed by atoms with E-state index in [-0.39, 0.29) is 16.8 Å². The highest BCUT2D eigenvalue weighted by atomic mass is 16.5. The molecule has 3 aromatic rings. The predicted molar refractivity (Wildman–Crippen MR) is 101 cm³/mol. The van der Waals surface area contributed by atoms with Gasteiger partial charge in [0.15, 0.2) is 0 Å². The van der Waals surface area contributed by atoms with Gasteiger partial charge in [-0.25, -0.2) is 4.79 Å². The molecule has 0 saturated heterocycles. The molecule has 3 rings (SSSR count).